The zero-order chi connectivity index (χ0) is 13.7. The van der Waals surface area contributed by atoms with E-state index in [1.54, 1.807) is 6.20 Å². The topological polar surface area (TPSA) is 12.9 Å². The van der Waals surface area contributed by atoms with Crippen molar-refractivity contribution in [1.82, 2.24) is 4.98 Å². The summed E-state index contributed by atoms with van der Waals surface area (Å²) in [5.41, 5.74) is 1.98. The maximum absolute atomic E-state index is 4.24. The second kappa shape index (κ2) is 6.35. The molecule has 3 heteroatoms. The number of aromatic nitrogens is 1. The van der Waals surface area contributed by atoms with E-state index in [-0.39, 0.29) is 0 Å². The molecule has 0 spiro atoms. The molecule has 0 bridgehead atoms. The van der Waals surface area contributed by atoms with Gasteiger partial charge in [0.25, 0.3) is 0 Å². The van der Waals surface area contributed by atoms with Gasteiger partial charge in [-0.05, 0) is 33.4 Å². The summed E-state index contributed by atoms with van der Waals surface area (Å²) in [5, 5.41) is 1.44. The van der Waals surface area contributed by atoms with Gasteiger partial charge in [0.15, 0.2) is 0 Å². The zero-order valence-corrected chi connectivity index (χ0v) is 14.3. The van der Waals surface area contributed by atoms with Gasteiger partial charge in [0, 0.05) is 11.8 Å². The number of nitrogens with zero attached hydrogens (tertiary/aromatic N) is 1. The SMILES string of the molecule is C[Si](C)(CI)c1ccccc1C#Cc1ccccn1. The highest BCUT2D eigenvalue weighted by Gasteiger charge is 2.23. The Hall–Kier alpha value is -1.12. The van der Waals surface area contributed by atoms with E-state index >= 15 is 0 Å². The Morgan fingerprint density at radius 1 is 1.05 bits per heavy atom. The van der Waals surface area contributed by atoms with Crippen molar-refractivity contribution in [1.29, 1.82) is 0 Å². The van der Waals surface area contributed by atoms with Crippen molar-refractivity contribution in [2.24, 2.45) is 0 Å². The number of hydrogen-bond acceptors (Lipinski definition) is 1. The molecule has 1 nitrogen and oxygen atoms in total. The lowest BCUT2D eigenvalue weighted by atomic mass is 10.2. The molecule has 0 amide bonds. The van der Waals surface area contributed by atoms with Gasteiger partial charge in [-0.3, -0.25) is 0 Å². The molecule has 19 heavy (non-hydrogen) atoms. The van der Waals surface area contributed by atoms with Crippen molar-refractivity contribution < 1.29 is 0 Å². The van der Waals surface area contributed by atoms with E-state index in [1.165, 1.54) is 9.24 Å². The molecule has 0 aliphatic heterocycles. The predicted molar refractivity (Wildman–Crippen MR) is 92.7 cm³/mol. The smallest absolute Gasteiger partial charge is 0.113 e. The Morgan fingerprint density at radius 3 is 2.47 bits per heavy atom. The minimum absolute atomic E-state index is 0.825. The van der Waals surface area contributed by atoms with Crippen molar-refractivity contribution in [2.75, 3.05) is 4.05 Å². The number of alkyl halides is 1. The van der Waals surface area contributed by atoms with Crippen LogP contribution in [0.2, 0.25) is 13.1 Å². The molecule has 0 aliphatic carbocycles. The molecule has 1 heterocycles. The highest BCUT2D eigenvalue weighted by Crippen LogP contribution is 2.10. The molecular weight excluding hydrogens is 361 g/mol. The maximum atomic E-state index is 4.24. The van der Waals surface area contributed by atoms with Gasteiger partial charge in [-0.15, -0.1) is 0 Å². The van der Waals surface area contributed by atoms with E-state index in [0.717, 1.165) is 11.3 Å². The number of benzene rings is 1. The lowest BCUT2D eigenvalue weighted by Gasteiger charge is -2.21. The quantitative estimate of drug-likeness (QED) is 0.339. The van der Waals surface area contributed by atoms with E-state index in [4.69, 9.17) is 0 Å². The third-order valence-electron chi connectivity index (χ3n) is 2.98. The van der Waals surface area contributed by atoms with Crippen molar-refractivity contribution in [3.05, 3.63) is 59.9 Å². The second-order valence-electron chi connectivity index (χ2n) is 5.03. The van der Waals surface area contributed by atoms with Crippen molar-refractivity contribution in [2.45, 2.75) is 13.1 Å². The number of halogens is 1. The normalized spacial score (nSPS) is 10.7. The van der Waals surface area contributed by atoms with Crippen LogP contribution >= 0.6 is 22.6 Å². The van der Waals surface area contributed by atoms with Gasteiger partial charge in [-0.25, -0.2) is 4.98 Å². The Kier molecular flexibility index (Phi) is 4.78. The maximum Gasteiger partial charge on any atom is 0.113 e. The highest BCUT2D eigenvalue weighted by molar-refractivity contribution is 14.1. The number of hydrogen-bond donors (Lipinski definition) is 0. The van der Waals surface area contributed by atoms with Crippen LogP contribution < -0.4 is 5.19 Å². The van der Waals surface area contributed by atoms with E-state index in [0.29, 0.717) is 0 Å². The first-order valence-electron chi connectivity index (χ1n) is 6.22. The summed E-state index contributed by atoms with van der Waals surface area (Å²) < 4.78 is 1.20. The van der Waals surface area contributed by atoms with Gasteiger partial charge in [0.2, 0.25) is 0 Å². The summed E-state index contributed by atoms with van der Waals surface area (Å²) in [6, 6.07) is 14.3. The molecule has 2 rings (SSSR count). The lowest BCUT2D eigenvalue weighted by molar-refractivity contribution is 1.29. The van der Waals surface area contributed by atoms with Crippen molar-refractivity contribution in [3.8, 4) is 11.8 Å². The fourth-order valence-corrected chi connectivity index (χ4v) is 4.62. The molecular formula is C16H16INSi. The zero-order valence-electron chi connectivity index (χ0n) is 11.2. The number of pyridine rings is 1. The van der Waals surface area contributed by atoms with Crippen LogP contribution in [-0.2, 0) is 0 Å². The molecule has 0 atom stereocenters. The minimum Gasteiger partial charge on any atom is -0.248 e. The standard InChI is InChI=1S/C16H16INSi/c1-19(2,13-17)16-9-4-3-7-14(16)10-11-15-8-5-6-12-18-15/h3-9,12H,13H2,1-2H3. The fraction of sp³-hybridized carbons (Fsp3) is 0.188. The molecule has 1 aromatic carbocycles. The van der Waals surface area contributed by atoms with E-state index in [1.807, 2.05) is 18.2 Å². The van der Waals surface area contributed by atoms with Gasteiger partial charge >= 0.3 is 0 Å². The van der Waals surface area contributed by atoms with Crippen LogP contribution in [0.15, 0.2) is 48.7 Å². The summed E-state index contributed by atoms with van der Waals surface area (Å²) in [5.74, 6) is 6.45. The molecule has 0 saturated carbocycles. The van der Waals surface area contributed by atoms with E-state index in [2.05, 4.69) is 76.8 Å². The molecule has 0 saturated heterocycles. The largest absolute Gasteiger partial charge is 0.248 e. The van der Waals surface area contributed by atoms with Gasteiger partial charge in [-0.2, -0.15) is 0 Å². The molecule has 0 unspecified atom stereocenters. The van der Waals surface area contributed by atoms with Crippen LogP contribution in [0.5, 0.6) is 0 Å². The van der Waals surface area contributed by atoms with Gasteiger partial charge in [-0.1, -0.05) is 65.9 Å². The minimum atomic E-state index is -1.37. The van der Waals surface area contributed by atoms with Crippen LogP contribution in [0.4, 0.5) is 0 Å². The van der Waals surface area contributed by atoms with Gasteiger partial charge in [0.05, 0.1) is 8.07 Å². The Balaban J connectivity index is 2.40. The molecule has 2 aromatic rings. The van der Waals surface area contributed by atoms with Crippen LogP contribution in [0.25, 0.3) is 0 Å². The Morgan fingerprint density at radius 2 is 1.79 bits per heavy atom. The first-order valence-corrected chi connectivity index (χ1v) is 11.0. The molecule has 0 radical (unpaired) electrons. The number of rotatable bonds is 2. The first-order chi connectivity index (χ1) is 9.13. The summed E-state index contributed by atoms with van der Waals surface area (Å²) >= 11 is 2.49. The van der Waals surface area contributed by atoms with Crippen LogP contribution in [-0.4, -0.2) is 17.1 Å². The average molecular weight is 377 g/mol. The van der Waals surface area contributed by atoms with Crippen LogP contribution in [0.1, 0.15) is 11.3 Å². The summed E-state index contributed by atoms with van der Waals surface area (Å²) in [7, 11) is -1.37. The first kappa shape index (κ1) is 14.3. The van der Waals surface area contributed by atoms with E-state index < -0.39 is 8.07 Å². The third-order valence-corrected chi connectivity index (χ3v) is 11.3. The van der Waals surface area contributed by atoms with Gasteiger partial charge in [0.1, 0.15) is 5.69 Å². The summed E-state index contributed by atoms with van der Waals surface area (Å²) in [4.78, 5) is 4.24. The monoisotopic (exact) mass is 377 g/mol. The fourth-order valence-electron chi connectivity index (χ4n) is 1.82. The second-order valence-corrected chi connectivity index (χ2v) is 11.9. The average Bonchev–Trinajstić information content (AvgIpc) is 2.46. The molecule has 0 N–H and O–H groups in total. The van der Waals surface area contributed by atoms with Gasteiger partial charge < -0.3 is 0 Å². The lowest BCUT2D eigenvalue weighted by Crippen LogP contribution is -2.45. The van der Waals surface area contributed by atoms with Crippen molar-refractivity contribution >= 4 is 35.9 Å². The molecule has 1 aromatic heterocycles. The summed E-state index contributed by atoms with van der Waals surface area (Å²) in [6.45, 7) is 4.78. The molecule has 96 valence electrons. The van der Waals surface area contributed by atoms with Crippen LogP contribution in [0, 0.1) is 11.8 Å². The molecule has 0 aliphatic rings. The van der Waals surface area contributed by atoms with E-state index in [9.17, 15) is 0 Å². The van der Waals surface area contributed by atoms with Crippen LogP contribution in [0.3, 0.4) is 0 Å². The predicted octanol–water partition coefficient (Wildman–Crippen LogP) is 3.37. The Labute approximate surface area is 129 Å². The highest BCUT2D eigenvalue weighted by atomic mass is 127. The molecule has 0 fully saturated rings. The summed E-state index contributed by atoms with van der Waals surface area (Å²) in [6.07, 6.45) is 1.78. The Bertz CT molecular complexity index is 611. The third kappa shape index (κ3) is 3.68. The van der Waals surface area contributed by atoms with Crippen molar-refractivity contribution in [3.63, 3.8) is 0 Å².